The van der Waals surface area contributed by atoms with Crippen molar-refractivity contribution in [3.8, 4) is 11.8 Å². The Bertz CT molecular complexity index is 441. The lowest BCUT2D eigenvalue weighted by molar-refractivity contribution is 0.730. The first-order chi connectivity index (χ1) is 8.13. The third kappa shape index (κ3) is 4.91. The molecule has 0 nitrogen and oxygen atoms in total. The van der Waals surface area contributed by atoms with Crippen molar-refractivity contribution in [3.63, 3.8) is 0 Å². The third-order valence-corrected chi connectivity index (χ3v) is 2.87. The van der Waals surface area contributed by atoms with Gasteiger partial charge in [0, 0.05) is 5.56 Å². The van der Waals surface area contributed by atoms with Crippen LogP contribution in [-0.2, 0) is 6.42 Å². The zero-order valence-electron chi connectivity index (χ0n) is 11.3. The van der Waals surface area contributed by atoms with Crippen LogP contribution in [0.2, 0.25) is 0 Å². The Kier molecular flexibility index (Phi) is 5.57. The summed E-state index contributed by atoms with van der Waals surface area (Å²) in [7, 11) is 0. The largest absolute Gasteiger partial charge is 0.101 e. The van der Waals surface area contributed by atoms with Crippen LogP contribution in [0.25, 0.3) is 0 Å². The van der Waals surface area contributed by atoms with Gasteiger partial charge >= 0.3 is 0 Å². The van der Waals surface area contributed by atoms with Crippen LogP contribution in [0, 0.1) is 18.8 Å². The van der Waals surface area contributed by atoms with E-state index in [0.717, 1.165) is 18.4 Å². The molecule has 0 heteroatoms. The van der Waals surface area contributed by atoms with E-state index >= 15 is 0 Å². The Morgan fingerprint density at radius 1 is 1.29 bits per heavy atom. The maximum Gasteiger partial charge on any atom is 0.0274 e. The zero-order valence-corrected chi connectivity index (χ0v) is 11.3. The first-order valence-electron chi connectivity index (χ1n) is 6.30. The number of aryl methyl sites for hydroxylation is 2. The van der Waals surface area contributed by atoms with E-state index in [2.05, 4.69) is 50.5 Å². The molecular weight excluding hydrogens is 204 g/mol. The number of rotatable bonds is 5. The molecule has 0 heterocycles. The molecule has 0 aromatic heterocycles. The van der Waals surface area contributed by atoms with Crippen LogP contribution in [0.15, 0.2) is 30.4 Å². The van der Waals surface area contributed by atoms with Crippen LogP contribution in [0.3, 0.4) is 0 Å². The first-order valence-corrected chi connectivity index (χ1v) is 6.30. The molecule has 1 rings (SSSR count). The van der Waals surface area contributed by atoms with Crippen molar-refractivity contribution >= 4 is 0 Å². The molecular formula is C17H22. The van der Waals surface area contributed by atoms with Gasteiger partial charge in [0.1, 0.15) is 0 Å². The van der Waals surface area contributed by atoms with Crippen molar-refractivity contribution in [1.82, 2.24) is 0 Å². The highest BCUT2D eigenvalue weighted by atomic mass is 14.0. The molecule has 0 aliphatic rings. The second-order valence-corrected chi connectivity index (χ2v) is 4.69. The number of allylic oxidation sites excluding steroid dienone is 1. The summed E-state index contributed by atoms with van der Waals surface area (Å²) in [6.45, 7) is 10.0. The lowest BCUT2D eigenvalue weighted by Gasteiger charge is -2.05. The summed E-state index contributed by atoms with van der Waals surface area (Å²) < 4.78 is 0. The number of hydrogen-bond acceptors (Lipinski definition) is 0. The van der Waals surface area contributed by atoms with Gasteiger partial charge in [0.25, 0.3) is 0 Å². The minimum Gasteiger partial charge on any atom is -0.101 e. The van der Waals surface area contributed by atoms with Crippen LogP contribution in [-0.4, -0.2) is 0 Å². The average Bonchev–Trinajstić information content (AvgIpc) is 2.28. The lowest BCUT2D eigenvalue weighted by Crippen LogP contribution is -1.90. The molecule has 0 radical (unpaired) electrons. The normalized spacial score (nSPS) is 9.59. The summed E-state index contributed by atoms with van der Waals surface area (Å²) >= 11 is 0. The molecule has 0 bridgehead atoms. The van der Waals surface area contributed by atoms with Gasteiger partial charge in [-0.2, -0.15) is 0 Å². The second-order valence-electron chi connectivity index (χ2n) is 4.69. The van der Waals surface area contributed by atoms with Crippen LogP contribution < -0.4 is 0 Å². The molecule has 90 valence electrons. The quantitative estimate of drug-likeness (QED) is 0.389. The Balaban J connectivity index is 2.52. The minimum atomic E-state index is 1.15. The summed E-state index contributed by atoms with van der Waals surface area (Å²) in [5, 5.41) is 0. The molecule has 0 spiro atoms. The van der Waals surface area contributed by atoms with Gasteiger partial charge in [-0.3, -0.25) is 0 Å². The van der Waals surface area contributed by atoms with Gasteiger partial charge < -0.3 is 0 Å². The fourth-order valence-corrected chi connectivity index (χ4v) is 1.91. The Labute approximate surface area is 106 Å². The molecule has 1 aromatic carbocycles. The predicted molar refractivity (Wildman–Crippen MR) is 76.1 cm³/mol. The summed E-state index contributed by atoms with van der Waals surface area (Å²) in [6, 6.07) is 6.60. The molecule has 0 aliphatic carbocycles. The molecule has 0 saturated carbocycles. The van der Waals surface area contributed by atoms with Crippen LogP contribution in [0.5, 0.6) is 0 Å². The second kappa shape index (κ2) is 6.97. The van der Waals surface area contributed by atoms with Gasteiger partial charge in [0.2, 0.25) is 0 Å². The van der Waals surface area contributed by atoms with Crippen LogP contribution in [0.1, 0.15) is 49.8 Å². The summed E-state index contributed by atoms with van der Waals surface area (Å²) in [4.78, 5) is 0. The smallest absolute Gasteiger partial charge is 0.0274 e. The molecule has 0 N–H and O–H groups in total. The van der Waals surface area contributed by atoms with E-state index in [-0.39, 0.29) is 0 Å². The predicted octanol–water partition coefficient (Wildman–Crippen LogP) is 4.66. The van der Waals surface area contributed by atoms with Gasteiger partial charge in [0.05, 0.1) is 0 Å². The minimum absolute atomic E-state index is 1.15. The number of unbranched alkanes of at least 4 members (excludes halogenated alkanes) is 1. The van der Waals surface area contributed by atoms with Crippen molar-refractivity contribution in [2.75, 3.05) is 0 Å². The average molecular weight is 226 g/mol. The van der Waals surface area contributed by atoms with E-state index < -0.39 is 0 Å². The number of benzene rings is 1. The lowest BCUT2D eigenvalue weighted by atomic mass is 10.0. The van der Waals surface area contributed by atoms with E-state index in [1.54, 1.807) is 0 Å². The summed E-state index contributed by atoms with van der Waals surface area (Å²) in [5.74, 6) is 6.07. The fraction of sp³-hybridized carbons (Fsp3) is 0.412. The highest BCUT2D eigenvalue weighted by Crippen LogP contribution is 2.14. The Morgan fingerprint density at radius 3 is 2.65 bits per heavy atom. The maximum absolute atomic E-state index is 3.93. The molecule has 0 atom stereocenters. The molecule has 0 saturated heterocycles. The third-order valence-electron chi connectivity index (χ3n) is 2.87. The maximum atomic E-state index is 3.93. The molecule has 0 unspecified atom stereocenters. The van der Waals surface area contributed by atoms with Crippen molar-refractivity contribution in [1.29, 1.82) is 0 Å². The summed E-state index contributed by atoms with van der Waals surface area (Å²) in [6.07, 6.45) is 4.79. The first kappa shape index (κ1) is 13.6. The van der Waals surface area contributed by atoms with E-state index in [0.29, 0.717) is 0 Å². The standard InChI is InChI=1S/C17H22/c1-5-8-17-12-11-16(13-15(17)4)10-7-6-9-14(2)3/h11-13H,2,6-7,9-10H2,1,3-4H3. The van der Waals surface area contributed by atoms with Crippen LogP contribution >= 0.6 is 0 Å². The zero-order chi connectivity index (χ0) is 12.7. The van der Waals surface area contributed by atoms with Crippen molar-refractivity contribution in [2.45, 2.75) is 46.5 Å². The van der Waals surface area contributed by atoms with Crippen molar-refractivity contribution in [2.24, 2.45) is 0 Å². The number of hydrogen-bond donors (Lipinski definition) is 0. The van der Waals surface area contributed by atoms with Gasteiger partial charge in [-0.25, -0.2) is 0 Å². The molecule has 1 aromatic rings. The van der Waals surface area contributed by atoms with Crippen LogP contribution in [0.4, 0.5) is 0 Å². The molecule has 0 amide bonds. The van der Waals surface area contributed by atoms with E-state index in [9.17, 15) is 0 Å². The molecule has 0 fully saturated rings. The van der Waals surface area contributed by atoms with Gasteiger partial charge in [-0.1, -0.05) is 23.6 Å². The van der Waals surface area contributed by atoms with E-state index in [1.165, 1.54) is 29.5 Å². The van der Waals surface area contributed by atoms with E-state index in [4.69, 9.17) is 0 Å². The van der Waals surface area contributed by atoms with Crippen molar-refractivity contribution in [3.05, 3.63) is 47.0 Å². The SMILES string of the molecule is C=C(C)CCCCc1ccc(C#CC)c(C)c1. The van der Waals surface area contributed by atoms with Gasteiger partial charge in [-0.15, -0.1) is 12.5 Å². The van der Waals surface area contributed by atoms with Crippen molar-refractivity contribution < 1.29 is 0 Å². The van der Waals surface area contributed by atoms with E-state index in [1.807, 2.05) is 6.92 Å². The fourth-order valence-electron chi connectivity index (χ4n) is 1.91. The highest BCUT2D eigenvalue weighted by molar-refractivity contribution is 5.42. The van der Waals surface area contributed by atoms with Gasteiger partial charge in [0.15, 0.2) is 0 Å². The molecule has 17 heavy (non-hydrogen) atoms. The highest BCUT2D eigenvalue weighted by Gasteiger charge is 1.98. The Morgan fingerprint density at radius 2 is 2.06 bits per heavy atom. The Hall–Kier alpha value is -1.48. The molecule has 0 aliphatic heterocycles. The monoisotopic (exact) mass is 226 g/mol. The van der Waals surface area contributed by atoms with Gasteiger partial charge in [-0.05, 0) is 63.6 Å². The summed E-state index contributed by atoms with van der Waals surface area (Å²) in [5.41, 5.74) is 5.15. The topological polar surface area (TPSA) is 0 Å².